The first kappa shape index (κ1) is 50.4. The molecule has 0 saturated carbocycles. The van der Waals surface area contributed by atoms with Gasteiger partial charge in [-0.2, -0.15) is 0 Å². The predicted octanol–water partition coefficient (Wildman–Crippen LogP) is 5.36. The van der Waals surface area contributed by atoms with Crippen molar-refractivity contribution in [3.63, 3.8) is 0 Å². The molecule has 5 N–H and O–H groups in total. The number of alkyl halides is 1. The number of nitrogens with two attached hydrogens (primary N) is 1. The molecular formula is C39H69ClN6O6. The largest absolute Gasteiger partial charge is 0.363 e. The minimum Gasteiger partial charge on any atom is -0.363 e. The fraction of sp³-hybridized carbons (Fsp3) is 0.692. The van der Waals surface area contributed by atoms with Crippen LogP contribution in [0.2, 0.25) is 0 Å². The molecule has 0 aromatic heterocycles. The molecule has 12 nitrogen and oxygen atoms in total. The average molecular weight is 753 g/mol. The maximum Gasteiger partial charge on any atom is 0.315 e. The third-order valence-electron chi connectivity index (χ3n) is 8.61. The number of Topliss-reactive ketones (excluding diaryl/α,β-unsaturated/α-hetero) is 1. The van der Waals surface area contributed by atoms with Crippen molar-refractivity contribution in [2.24, 2.45) is 28.9 Å². The number of primary amides is 1. The highest BCUT2D eigenvalue weighted by molar-refractivity contribution is 6.37. The monoisotopic (exact) mass is 752 g/mol. The van der Waals surface area contributed by atoms with Crippen LogP contribution in [-0.2, 0) is 24.0 Å². The van der Waals surface area contributed by atoms with Crippen LogP contribution in [0.25, 0.3) is 0 Å². The summed E-state index contributed by atoms with van der Waals surface area (Å²) in [5.74, 6) is -2.42. The van der Waals surface area contributed by atoms with Crippen molar-refractivity contribution >= 4 is 47.0 Å². The maximum absolute atomic E-state index is 14.0. The molecule has 5 atom stereocenters. The van der Waals surface area contributed by atoms with E-state index in [1.165, 1.54) is 16.2 Å². The Morgan fingerprint density at radius 1 is 1.02 bits per heavy atom. The number of amides is 6. The van der Waals surface area contributed by atoms with Crippen LogP contribution in [0, 0.1) is 23.2 Å². The zero-order valence-electron chi connectivity index (χ0n) is 34.2. The zero-order valence-corrected chi connectivity index (χ0v) is 34.9. The quantitative estimate of drug-likeness (QED) is 0.0940. The van der Waals surface area contributed by atoms with Crippen LogP contribution in [0.3, 0.4) is 0 Å². The van der Waals surface area contributed by atoms with Gasteiger partial charge in [0.05, 0.1) is 12.6 Å². The van der Waals surface area contributed by atoms with Crippen molar-refractivity contribution in [1.82, 2.24) is 25.8 Å². The summed E-state index contributed by atoms with van der Waals surface area (Å²) in [6.45, 7) is 25.6. The van der Waals surface area contributed by atoms with Crippen LogP contribution in [-0.4, -0.2) is 96.4 Å². The third kappa shape index (κ3) is 18.7. The smallest absolute Gasteiger partial charge is 0.315 e. The molecular weight excluding hydrogens is 684 g/mol. The number of rotatable bonds is 16. The lowest BCUT2D eigenvalue weighted by molar-refractivity contribution is -0.143. The number of hydrogen-bond donors (Lipinski definition) is 4. The van der Waals surface area contributed by atoms with E-state index in [0.717, 1.165) is 23.5 Å². The number of allylic oxidation sites excluding steroid dienone is 4. The number of nitrogens with zero attached hydrogens (tertiary/aromatic N) is 2. The summed E-state index contributed by atoms with van der Waals surface area (Å²) in [5, 5.41) is 7.97. The molecule has 1 fully saturated rings. The summed E-state index contributed by atoms with van der Waals surface area (Å²) < 4.78 is 0. The Labute approximate surface area is 318 Å². The molecule has 0 spiro atoms. The predicted molar refractivity (Wildman–Crippen MR) is 212 cm³/mol. The van der Waals surface area contributed by atoms with E-state index in [1.54, 1.807) is 33.9 Å². The number of likely N-dealkylation sites (tertiary alicyclic amines) is 1. The number of carbonyl (C=O) groups excluding carboxylic acids is 6. The number of carbonyl (C=O) groups is 6. The number of ketones is 1. The molecule has 4 unspecified atom stereocenters. The van der Waals surface area contributed by atoms with Gasteiger partial charge >= 0.3 is 6.03 Å². The van der Waals surface area contributed by atoms with E-state index in [4.69, 9.17) is 5.73 Å². The van der Waals surface area contributed by atoms with Crippen molar-refractivity contribution in [1.29, 1.82) is 0 Å². The van der Waals surface area contributed by atoms with Crippen molar-refractivity contribution in [2.45, 2.75) is 120 Å². The maximum atomic E-state index is 14.0. The van der Waals surface area contributed by atoms with Gasteiger partial charge in [-0.05, 0) is 49.9 Å². The lowest BCUT2D eigenvalue weighted by Gasteiger charge is -2.35. The summed E-state index contributed by atoms with van der Waals surface area (Å²) in [6, 6.07) is -3.72. The highest BCUT2D eigenvalue weighted by atomic mass is 35.5. The summed E-state index contributed by atoms with van der Waals surface area (Å²) >= 11 is 4.64. The second-order valence-electron chi connectivity index (χ2n) is 15.2. The topological polar surface area (TPSA) is 171 Å². The Hall–Kier alpha value is -3.67. The van der Waals surface area contributed by atoms with E-state index >= 15 is 0 Å². The van der Waals surface area contributed by atoms with Crippen LogP contribution in [0.1, 0.15) is 102 Å². The third-order valence-corrected chi connectivity index (χ3v) is 8.61. The number of halogens is 1. The molecule has 52 heavy (non-hydrogen) atoms. The fourth-order valence-electron chi connectivity index (χ4n) is 5.16. The van der Waals surface area contributed by atoms with E-state index in [0.29, 0.717) is 25.9 Å². The molecule has 1 rings (SSSR count). The molecule has 0 radical (unpaired) electrons. The molecule has 0 aromatic rings. The number of nitrogens with one attached hydrogen (secondary N) is 3. The molecule has 1 aliphatic heterocycles. The van der Waals surface area contributed by atoms with Gasteiger partial charge in [0.2, 0.25) is 23.5 Å². The second-order valence-corrected chi connectivity index (χ2v) is 15.2. The van der Waals surface area contributed by atoms with Crippen LogP contribution in [0.15, 0.2) is 36.0 Å². The van der Waals surface area contributed by atoms with Gasteiger partial charge in [0.25, 0.3) is 5.91 Å². The number of urea groups is 1. The van der Waals surface area contributed by atoms with Gasteiger partial charge in [0.15, 0.2) is 0 Å². The summed E-state index contributed by atoms with van der Waals surface area (Å²) in [7, 11) is 1.64. The SMILES string of the molecule is C=C/C=C\C(C)=C(/C)CN(C)C(=O)CNC(=O)NC(C(=O)N1C[C@H](CC)CC1C(=O)NC(CC(C)CC)C(=O)C(N)=O)C(C)(C)C.CC(C)C.CCl. The Morgan fingerprint density at radius 3 is 2.04 bits per heavy atom. The second kappa shape index (κ2) is 25.3. The van der Waals surface area contributed by atoms with Crippen LogP contribution in [0.5, 0.6) is 0 Å². The number of likely N-dealkylation sites (N-methyl/N-ethyl adjacent to an activating group) is 1. The molecule has 0 aromatic carbocycles. The highest BCUT2D eigenvalue weighted by Crippen LogP contribution is 2.30. The van der Waals surface area contributed by atoms with Gasteiger partial charge < -0.3 is 31.5 Å². The van der Waals surface area contributed by atoms with Crippen molar-refractivity contribution < 1.29 is 28.8 Å². The van der Waals surface area contributed by atoms with Crippen LogP contribution < -0.4 is 21.7 Å². The normalized spacial score (nSPS) is 17.6. The van der Waals surface area contributed by atoms with E-state index in [1.807, 2.05) is 46.8 Å². The highest BCUT2D eigenvalue weighted by Gasteiger charge is 2.45. The van der Waals surface area contributed by atoms with E-state index < -0.39 is 53.1 Å². The molecule has 1 heterocycles. The molecule has 298 valence electrons. The molecule has 0 aliphatic carbocycles. The van der Waals surface area contributed by atoms with Crippen molar-refractivity contribution in [3.8, 4) is 0 Å². The fourth-order valence-corrected chi connectivity index (χ4v) is 5.16. The molecule has 1 aliphatic rings. The Kier molecular flexibility index (Phi) is 24.6. The van der Waals surface area contributed by atoms with E-state index in [-0.39, 0.29) is 30.7 Å². The summed E-state index contributed by atoms with van der Waals surface area (Å²) in [5.41, 5.74) is 6.50. The first-order valence-electron chi connectivity index (χ1n) is 18.2. The lowest BCUT2D eigenvalue weighted by Crippen LogP contribution is -2.60. The average Bonchev–Trinajstić information content (AvgIpc) is 3.52. The van der Waals surface area contributed by atoms with Crippen LogP contribution >= 0.6 is 11.6 Å². The standard InChI is InChI=1S/C34H56N6O6.C4H10.CH3Cl/c1-11-14-15-22(5)23(6)19-39(10)27(41)18-36-33(46)38-29(34(7,8)9)32(45)40-20-24(13-3)17-26(40)31(44)37-25(16-21(4)12-2)28(42)30(35)43;1-4(2)3;1-2/h11,14-15,21,24-26,29H,1,12-13,16-20H2,2-10H3,(H2,35,43)(H,37,44)(H2,36,38,46);4H,1-3H3;1H3/b15-14-,23-22+;;/t21?,24-,25?,26?,29?;;/m1../s1. The Morgan fingerprint density at radius 2 is 1.58 bits per heavy atom. The Balaban J connectivity index is 0. The Bertz CT molecular complexity index is 1260. The van der Waals surface area contributed by atoms with E-state index in [9.17, 15) is 28.8 Å². The van der Waals surface area contributed by atoms with Crippen molar-refractivity contribution in [2.75, 3.05) is 33.1 Å². The van der Waals surface area contributed by atoms with Gasteiger partial charge in [-0.1, -0.05) is 111 Å². The van der Waals surface area contributed by atoms with Crippen molar-refractivity contribution in [3.05, 3.63) is 36.0 Å². The summed E-state index contributed by atoms with van der Waals surface area (Å²) in [6.07, 6.45) is 8.92. The van der Waals surface area contributed by atoms with Gasteiger partial charge in [-0.3, -0.25) is 24.0 Å². The number of hydrogen-bond acceptors (Lipinski definition) is 6. The zero-order chi connectivity index (χ0) is 40.9. The lowest BCUT2D eigenvalue weighted by atomic mass is 9.85. The molecule has 13 heteroatoms. The molecule has 6 amide bonds. The van der Waals surface area contributed by atoms with E-state index in [2.05, 4.69) is 54.9 Å². The first-order valence-corrected chi connectivity index (χ1v) is 18.9. The van der Waals surface area contributed by atoms with Gasteiger partial charge in [0.1, 0.15) is 12.1 Å². The first-order chi connectivity index (χ1) is 24.1. The van der Waals surface area contributed by atoms with Gasteiger partial charge in [-0.25, -0.2) is 4.79 Å². The van der Waals surface area contributed by atoms with Gasteiger partial charge in [0, 0.05) is 26.5 Å². The minimum atomic E-state index is -1.13. The summed E-state index contributed by atoms with van der Waals surface area (Å²) in [4.78, 5) is 80.6. The molecule has 0 bridgehead atoms. The molecule has 1 saturated heterocycles. The van der Waals surface area contributed by atoms with Crippen LogP contribution in [0.4, 0.5) is 4.79 Å². The minimum absolute atomic E-state index is 0.0237. The van der Waals surface area contributed by atoms with Gasteiger partial charge in [-0.15, -0.1) is 11.6 Å².